The van der Waals surface area contributed by atoms with Crippen LogP contribution in [-0.2, 0) is 19.4 Å². The number of anilines is 1. The molecule has 9 heteroatoms. The van der Waals surface area contributed by atoms with E-state index in [9.17, 15) is 4.79 Å². The number of amides is 1. The van der Waals surface area contributed by atoms with Crippen molar-refractivity contribution in [1.82, 2.24) is 20.1 Å². The first kappa shape index (κ1) is 24.4. The van der Waals surface area contributed by atoms with Gasteiger partial charge in [0.1, 0.15) is 0 Å². The van der Waals surface area contributed by atoms with Crippen LogP contribution in [0.25, 0.3) is 11.1 Å². The van der Waals surface area contributed by atoms with Gasteiger partial charge in [-0.25, -0.2) is 4.98 Å². The number of hydrogen-bond donors (Lipinski definition) is 2. The molecule has 1 amide bonds. The Labute approximate surface area is 219 Å². The zero-order valence-corrected chi connectivity index (χ0v) is 21.0. The van der Waals surface area contributed by atoms with Crippen molar-refractivity contribution in [2.45, 2.75) is 38.3 Å². The lowest BCUT2D eigenvalue weighted by atomic mass is 9.98. The molecule has 0 bridgehead atoms. The highest BCUT2D eigenvalue weighted by Crippen LogP contribution is 2.30. The number of nitriles is 2. The normalized spacial score (nSPS) is 14.4. The molecule has 1 atom stereocenters. The number of nitrogens with one attached hydrogen (secondary N) is 2. The number of aryl methyl sites for hydroxylation is 1. The smallest absolute Gasteiger partial charge is 0.257 e. The molecular formula is C28H25N7OS. The molecular weight excluding hydrogens is 482 g/mol. The Morgan fingerprint density at radius 3 is 2.84 bits per heavy atom. The van der Waals surface area contributed by atoms with E-state index in [0.717, 1.165) is 41.6 Å². The van der Waals surface area contributed by atoms with E-state index in [2.05, 4.69) is 32.9 Å². The molecule has 0 radical (unpaired) electrons. The van der Waals surface area contributed by atoms with Gasteiger partial charge >= 0.3 is 0 Å². The van der Waals surface area contributed by atoms with E-state index in [1.54, 1.807) is 24.4 Å². The van der Waals surface area contributed by atoms with Crippen molar-refractivity contribution >= 4 is 22.4 Å². The Balaban J connectivity index is 1.21. The Hall–Kier alpha value is -4.31. The molecule has 5 rings (SSSR count). The van der Waals surface area contributed by atoms with E-state index in [1.165, 1.54) is 16.2 Å². The van der Waals surface area contributed by atoms with Gasteiger partial charge in [0.05, 0.1) is 36.1 Å². The molecule has 0 spiro atoms. The van der Waals surface area contributed by atoms with Gasteiger partial charge in [0.15, 0.2) is 5.13 Å². The fourth-order valence-electron chi connectivity index (χ4n) is 4.44. The highest BCUT2D eigenvalue weighted by molar-refractivity contribution is 7.15. The summed E-state index contributed by atoms with van der Waals surface area (Å²) in [6.45, 7) is 1.23. The van der Waals surface area contributed by atoms with E-state index in [0.29, 0.717) is 41.8 Å². The van der Waals surface area contributed by atoms with Gasteiger partial charge in [-0.1, -0.05) is 24.3 Å². The molecule has 0 saturated carbocycles. The average Bonchev–Trinajstić information content (AvgIpc) is 3.55. The standard InChI is InChI=1S/C28H25N7OS/c29-11-2-12-31-24-9-10-25-26(14-24)37-28(33-25)34-27(36)22-4-1-3-20(13-22)17-35-18-23(16-32-35)21-7-5-19(15-30)6-8-21/h1,3-8,13,16,18,24,31H,2,9-10,12,14,17H2,(H,33,34,36)/t24-/m0/s1. The number of carbonyl (C=O) groups is 1. The minimum absolute atomic E-state index is 0.185. The fraction of sp³-hybridized carbons (Fsp3) is 0.250. The minimum Gasteiger partial charge on any atom is -0.313 e. The molecule has 2 aromatic heterocycles. The van der Waals surface area contributed by atoms with E-state index >= 15 is 0 Å². The molecule has 2 heterocycles. The number of nitrogens with zero attached hydrogens (tertiary/aromatic N) is 5. The van der Waals surface area contributed by atoms with Crippen LogP contribution in [0.5, 0.6) is 0 Å². The van der Waals surface area contributed by atoms with Crippen LogP contribution in [0.4, 0.5) is 5.13 Å². The molecule has 37 heavy (non-hydrogen) atoms. The van der Waals surface area contributed by atoms with Crippen molar-refractivity contribution in [3.8, 4) is 23.3 Å². The Bertz CT molecular complexity index is 1490. The summed E-state index contributed by atoms with van der Waals surface area (Å²) < 4.78 is 1.83. The van der Waals surface area contributed by atoms with E-state index in [1.807, 2.05) is 41.2 Å². The van der Waals surface area contributed by atoms with Crippen molar-refractivity contribution in [2.75, 3.05) is 11.9 Å². The predicted octanol–water partition coefficient (Wildman–Crippen LogP) is 4.54. The molecule has 184 valence electrons. The van der Waals surface area contributed by atoms with E-state index < -0.39 is 0 Å². The lowest BCUT2D eigenvalue weighted by Gasteiger charge is -2.21. The first-order valence-electron chi connectivity index (χ1n) is 12.1. The third kappa shape index (κ3) is 5.92. The summed E-state index contributed by atoms with van der Waals surface area (Å²) in [7, 11) is 0. The molecule has 1 aliphatic carbocycles. The number of aromatic nitrogens is 3. The first-order valence-corrected chi connectivity index (χ1v) is 12.9. The lowest BCUT2D eigenvalue weighted by Crippen LogP contribution is -2.34. The van der Waals surface area contributed by atoms with Gasteiger partial charge in [-0.2, -0.15) is 15.6 Å². The molecule has 4 aromatic rings. The SMILES string of the molecule is N#CCCN[C@H]1CCc2nc(NC(=O)c3cccc(Cn4cc(-c5ccc(C#N)cc5)cn4)c3)sc2C1. The number of thiazole rings is 1. The maximum atomic E-state index is 13.0. The van der Waals surface area contributed by atoms with Gasteiger partial charge in [0, 0.05) is 41.2 Å². The summed E-state index contributed by atoms with van der Waals surface area (Å²) in [5, 5.41) is 29.2. The van der Waals surface area contributed by atoms with Crippen molar-refractivity contribution in [2.24, 2.45) is 0 Å². The summed E-state index contributed by atoms with van der Waals surface area (Å²) in [5.41, 5.74) is 5.18. The molecule has 2 aromatic carbocycles. The minimum atomic E-state index is -0.185. The summed E-state index contributed by atoms with van der Waals surface area (Å²) in [6.07, 6.45) is 6.99. The third-order valence-electron chi connectivity index (χ3n) is 6.34. The van der Waals surface area contributed by atoms with Gasteiger partial charge in [-0.3, -0.25) is 14.8 Å². The summed E-state index contributed by atoms with van der Waals surface area (Å²) in [4.78, 5) is 18.8. The first-order chi connectivity index (χ1) is 18.1. The second kappa shape index (κ2) is 11.2. The molecule has 8 nitrogen and oxygen atoms in total. The molecule has 1 aliphatic rings. The van der Waals surface area contributed by atoms with Crippen LogP contribution in [-0.4, -0.2) is 33.3 Å². The van der Waals surface area contributed by atoms with Gasteiger partial charge in [-0.15, -0.1) is 11.3 Å². The molecule has 2 N–H and O–H groups in total. The number of hydrogen-bond acceptors (Lipinski definition) is 7. The summed E-state index contributed by atoms with van der Waals surface area (Å²) >= 11 is 1.53. The second-order valence-corrected chi connectivity index (χ2v) is 10.0. The molecule has 0 unspecified atom stereocenters. The summed E-state index contributed by atoms with van der Waals surface area (Å²) in [5.74, 6) is -0.185. The van der Waals surface area contributed by atoms with Crippen LogP contribution in [0, 0.1) is 22.7 Å². The highest BCUT2D eigenvalue weighted by Gasteiger charge is 2.23. The topological polar surface area (TPSA) is 119 Å². The van der Waals surface area contributed by atoms with Crippen molar-refractivity contribution in [3.63, 3.8) is 0 Å². The number of carbonyl (C=O) groups excluding carboxylic acids is 1. The van der Waals surface area contributed by atoms with Crippen molar-refractivity contribution < 1.29 is 4.79 Å². The van der Waals surface area contributed by atoms with E-state index in [4.69, 9.17) is 10.5 Å². The van der Waals surface area contributed by atoms with Crippen LogP contribution in [0.2, 0.25) is 0 Å². The monoisotopic (exact) mass is 507 g/mol. The van der Waals surface area contributed by atoms with Gasteiger partial charge in [0.25, 0.3) is 5.91 Å². The fourth-order valence-corrected chi connectivity index (χ4v) is 5.52. The number of fused-ring (bicyclic) bond motifs is 1. The van der Waals surface area contributed by atoms with Gasteiger partial charge in [0.2, 0.25) is 0 Å². The summed E-state index contributed by atoms with van der Waals surface area (Å²) in [6, 6.07) is 19.6. The number of benzene rings is 2. The largest absolute Gasteiger partial charge is 0.313 e. The van der Waals surface area contributed by atoms with Crippen LogP contribution >= 0.6 is 11.3 Å². The molecule has 0 saturated heterocycles. The average molecular weight is 508 g/mol. The van der Waals surface area contributed by atoms with Crippen LogP contribution in [0.3, 0.4) is 0 Å². The quantitative estimate of drug-likeness (QED) is 0.338. The van der Waals surface area contributed by atoms with Crippen LogP contribution < -0.4 is 10.6 Å². The second-order valence-electron chi connectivity index (χ2n) is 8.96. The Morgan fingerprint density at radius 2 is 2.03 bits per heavy atom. The maximum Gasteiger partial charge on any atom is 0.257 e. The van der Waals surface area contributed by atoms with Crippen molar-refractivity contribution in [3.05, 3.63) is 88.2 Å². The van der Waals surface area contributed by atoms with Gasteiger partial charge in [-0.05, 0) is 54.7 Å². The zero-order chi connectivity index (χ0) is 25.6. The van der Waals surface area contributed by atoms with Gasteiger partial charge < -0.3 is 5.32 Å². The zero-order valence-electron chi connectivity index (χ0n) is 20.1. The Kier molecular flexibility index (Phi) is 7.36. The Morgan fingerprint density at radius 1 is 1.16 bits per heavy atom. The van der Waals surface area contributed by atoms with Crippen LogP contribution in [0.15, 0.2) is 60.9 Å². The lowest BCUT2D eigenvalue weighted by molar-refractivity contribution is 0.102. The third-order valence-corrected chi connectivity index (χ3v) is 7.38. The molecule has 0 aliphatic heterocycles. The van der Waals surface area contributed by atoms with Crippen LogP contribution in [0.1, 0.15) is 44.9 Å². The van der Waals surface area contributed by atoms with E-state index in [-0.39, 0.29) is 5.91 Å². The van der Waals surface area contributed by atoms with Crippen molar-refractivity contribution in [1.29, 1.82) is 10.5 Å². The highest BCUT2D eigenvalue weighted by atomic mass is 32.1. The maximum absolute atomic E-state index is 13.0. The predicted molar refractivity (Wildman–Crippen MR) is 142 cm³/mol. The number of rotatable bonds is 8. The molecule has 0 fully saturated rings.